The quantitative estimate of drug-likeness (QED) is 0.604. The number of hydrogen-bond donors (Lipinski definition) is 1. The number of rotatable bonds is 7. The number of hydrogen-bond acceptors (Lipinski definition) is 5. The molecule has 2 heterocycles. The van der Waals surface area contributed by atoms with Crippen molar-refractivity contribution in [1.82, 2.24) is 4.90 Å². The third-order valence-electron chi connectivity index (χ3n) is 6.99. The van der Waals surface area contributed by atoms with Crippen molar-refractivity contribution in [2.75, 3.05) is 26.1 Å². The highest BCUT2D eigenvalue weighted by Gasteiger charge is 2.49. The number of esters is 1. The standard InChI is InChI=1S/C26H32N2O4.ClH/c1-17(29)27-20-8-4-18(5-9-20)14-15-32-26(30)25-23(16-21-10-13-24(25)28(21)2)19-6-11-22(31-3)12-7-19;/h4-9,11-12,21,23-25H,10,13-16H2,1-3H3,(H,27,29);1H/t21-,23-,24-,25+;/m1./s1. The summed E-state index contributed by atoms with van der Waals surface area (Å²) in [6.45, 7) is 1.84. The number of fused-ring (bicyclic) bond motifs is 2. The Morgan fingerprint density at radius 3 is 2.39 bits per heavy atom. The molecule has 6 nitrogen and oxygen atoms in total. The molecule has 2 fully saturated rings. The van der Waals surface area contributed by atoms with E-state index >= 15 is 0 Å². The van der Waals surface area contributed by atoms with Crippen molar-refractivity contribution in [2.24, 2.45) is 5.92 Å². The average Bonchev–Trinajstić information content (AvgIpc) is 3.02. The maximum atomic E-state index is 13.3. The minimum Gasteiger partial charge on any atom is -0.497 e. The molecule has 2 bridgehead atoms. The third-order valence-corrected chi connectivity index (χ3v) is 6.99. The molecule has 33 heavy (non-hydrogen) atoms. The van der Waals surface area contributed by atoms with Gasteiger partial charge in [0.25, 0.3) is 0 Å². The lowest BCUT2D eigenvalue weighted by Crippen LogP contribution is -2.49. The van der Waals surface area contributed by atoms with Gasteiger partial charge in [-0.2, -0.15) is 0 Å². The van der Waals surface area contributed by atoms with Crippen LogP contribution in [0.3, 0.4) is 0 Å². The monoisotopic (exact) mass is 472 g/mol. The van der Waals surface area contributed by atoms with Crippen molar-refractivity contribution < 1.29 is 19.1 Å². The summed E-state index contributed by atoms with van der Waals surface area (Å²) in [5, 5.41) is 2.76. The van der Waals surface area contributed by atoms with Crippen molar-refractivity contribution >= 4 is 30.0 Å². The van der Waals surface area contributed by atoms with Gasteiger partial charge in [0.15, 0.2) is 0 Å². The van der Waals surface area contributed by atoms with Crippen LogP contribution in [0.5, 0.6) is 5.75 Å². The SMILES string of the molecule is COc1ccc([C@H]2C[C@H]3CC[C@H]([C@H]2C(=O)OCCc2ccc(NC(C)=O)cc2)N3C)cc1.Cl. The lowest BCUT2D eigenvalue weighted by Gasteiger charge is -2.42. The van der Waals surface area contributed by atoms with E-state index in [0.717, 1.165) is 36.3 Å². The first-order chi connectivity index (χ1) is 15.5. The first-order valence-electron chi connectivity index (χ1n) is 11.4. The molecule has 2 saturated heterocycles. The fourth-order valence-electron chi connectivity index (χ4n) is 5.31. The van der Waals surface area contributed by atoms with E-state index in [0.29, 0.717) is 19.1 Å². The number of carbonyl (C=O) groups is 2. The maximum Gasteiger partial charge on any atom is 0.311 e. The lowest BCUT2D eigenvalue weighted by atomic mass is 9.76. The molecule has 0 aromatic heterocycles. The fraction of sp³-hybridized carbons (Fsp3) is 0.462. The van der Waals surface area contributed by atoms with E-state index in [-0.39, 0.29) is 42.2 Å². The maximum absolute atomic E-state index is 13.3. The third kappa shape index (κ3) is 5.68. The van der Waals surface area contributed by atoms with Crippen LogP contribution in [0, 0.1) is 5.92 Å². The summed E-state index contributed by atoms with van der Waals surface area (Å²) >= 11 is 0. The molecule has 0 spiro atoms. The second-order valence-corrected chi connectivity index (χ2v) is 8.90. The highest BCUT2D eigenvalue weighted by molar-refractivity contribution is 5.88. The first kappa shape index (κ1) is 25.1. The van der Waals surface area contributed by atoms with Gasteiger partial charge in [-0.3, -0.25) is 14.5 Å². The summed E-state index contributed by atoms with van der Waals surface area (Å²) in [6, 6.07) is 16.5. The Bertz CT molecular complexity index is 948. The van der Waals surface area contributed by atoms with Crippen LogP contribution < -0.4 is 10.1 Å². The second kappa shape index (κ2) is 11.0. The summed E-state index contributed by atoms with van der Waals surface area (Å²) in [5.74, 6) is 0.643. The molecule has 0 saturated carbocycles. The van der Waals surface area contributed by atoms with E-state index in [1.54, 1.807) is 7.11 Å². The molecule has 1 amide bonds. The minimum atomic E-state index is -0.158. The lowest BCUT2D eigenvalue weighted by molar-refractivity contribution is -0.153. The van der Waals surface area contributed by atoms with Gasteiger partial charge < -0.3 is 14.8 Å². The molecule has 178 valence electrons. The van der Waals surface area contributed by atoms with Crippen molar-refractivity contribution in [1.29, 1.82) is 0 Å². The van der Waals surface area contributed by atoms with Crippen LogP contribution in [-0.4, -0.2) is 49.6 Å². The molecule has 2 aromatic carbocycles. The number of ether oxygens (including phenoxy) is 2. The van der Waals surface area contributed by atoms with E-state index in [9.17, 15) is 9.59 Å². The molecule has 0 radical (unpaired) electrons. The number of nitrogens with one attached hydrogen (secondary N) is 1. The number of piperidine rings is 1. The Hall–Kier alpha value is -2.57. The Morgan fingerprint density at radius 2 is 1.76 bits per heavy atom. The van der Waals surface area contributed by atoms with E-state index in [4.69, 9.17) is 9.47 Å². The molecule has 1 N–H and O–H groups in total. The molecular formula is C26H33ClN2O4. The van der Waals surface area contributed by atoms with Gasteiger partial charge >= 0.3 is 5.97 Å². The molecule has 0 unspecified atom stereocenters. The van der Waals surface area contributed by atoms with Crippen LogP contribution in [0.25, 0.3) is 0 Å². The fourth-order valence-corrected chi connectivity index (χ4v) is 5.31. The number of methoxy groups -OCH3 is 1. The van der Waals surface area contributed by atoms with Crippen LogP contribution in [0.1, 0.15) is 43.2 Å². The van der Waals surface area contributed by atoms with Crippen molar-refractivity contribution in [3.63, 3.8) is 0 Å². The van der Waals surface area contributed by atoms with Crippen LogP contribution in [0.2, 0.25) is 0 Å². The van der Waals surface area contributed by atoms with E-state index in [2.05, 4.69) is 29.4 Å². The number of benzene rings is 2. The number of halogens is 1. The topological polar surface area (TPSA) is 67.9 Å². The van der Waals surface area contributed by atoms with Gasteiger partial charge in [-0.1, -0.05) is 24.3 Å². The summed E-state index contributed by atoms with van der Waals surface area (Å²) in [6.07, 6.45) is 3.80. The summed E-state index contributed by atoms with van der Waals surface area (Å²) in [4.78, 5) is 26.8. The van der Waals surface area contributed by atoms with Crippen LogP contribution in [0.4, 0.5) is 5.69 Å². The largest absolute Gasteiger partial charge is 0.497 e. The molecule has 4 atom stereocenters. The zero-order valence-corrected chi connectivity index (χ0v) is 20.3. The predicted molar refractivity (Wildman–Crippen MR) is 131 cm³/mol. The molecule has 7 heteroatoms. The highest BCUT2D eigenvalue weighted by Crippen LogP contribution is 2.46. The van der Waals surface area contributed by atoms with Gasteiger partial charge in [-0.05, 0) is 61.7 Å². The smallest absolute Gasteiger partial charge is 0.311 e. The van der Waals surface area contributed by atoms with Gasteiger partial charge in [-0.15, -0.1) is 12.4 Å². The number of amides is 1. The van der Waals surface area contributed by atoms with Gasteiger partial charge in [0.05, 0.1) is 19.6 Å². The zero-order valence-electron chi connectivity index (χ0n) is 19.5. The first-order valence-corrected chi connectivity index (χ1v) is 11.4. The van der Waals surface area contributed by atoms with E-state index in [1.165, 1.54) is 12.5 Å². The van der Waals surface area contributed by atoms with Gasteiger partial charge in [0.2, 0.25) is 5.91 Å². The predicted octanol–water partition coefficient (Wildman–Crippen LogP) is 4.43. The molecular weight excluding hydrogens is 440 g/mol. The normalized spacial score (nSPS) is 24.0. The Morgan fingerprint density at radius 1 is 1.06 bits per heavy atom. The zero-order chi connectivity index (χ0) is 22.7. The van der Waals surface area contributed by atoms with E-state index < -0.39 is 0 Å². The molecule has 2 aliphatic rings. The summed E-state index contributed by atoms with van der Waals surface area (Å²) in [7, 11) is 3.81. The van der Waals surface area contributed by atoms with Crippen molar-refractivity contribution in [3.05, 3.63) is 59.7 Å². The number of carbonyl (C=O) groups excluding carboxylic acids is 2. The van der Waals surface area contributed by atoms with Crippen molar-refractivity contribution in [3.8, 4) is 5.75 Å². The van der Waals surface area contributed by atoms with Gasteiger partial charge in [0, 0.05) is 37.0 Å². The molecule has 4 rings (SSSR count). The van der Waals surface area contributed by atoms with Crippen LogP contribution >= 0.6 is 12.4 Å². The van der Waals surface area contributed by atoms with E-state index in [1.807, 2.05) is 36.4 Å². The Kier molecular flexibility index (Phi) is 8.38. The van der Waals surface area contributed by atoms with Crippen LogP contribution in [0.15, 0.2) is 48.5 Å². The Labute approximate surface area is 202 Å². The van der Waals surface area contributed by atoms with Crippen LogP contribution in [-0.2, 0) is 20.7 Å². The molecule has 2 aromatic rings. The second-order valence-electron chi connectivity index (χ2n) is 8.90. The Balaban J connectivity index is 0.00000306. The average molecular weight is 473 g/mol. The minimum absolute atomic E-state index is 0. The number of nitrogens with zero attached hydrogens (tertiary/aromatic N) is 1. The highest BCUT2D eigenvalue weighted by atomic mass is 35.5. The number of anilines is 1. The van der Waals surface area contributed by atoms with Gasteiger partial charge in [-0.25, -0.2) is 0 Å². The van der Waals surface area contributed by atoms with Gasteiger partial charge in [0.1, 0.15) is 5.75 Å². The summed E-state index contributed by atoms with van der Waals surface area (Å²) in [5.41, 5.74) is 3.02. The molecule has 2 aliphatic heterocycles. The van der Waals surface area contributed by atoms with Crippen molar-refractivity contribution in [2.45, 2.75) is 50.6 Å². The molecule has 0 aliphatic carbocycles. The summed E-state index contributed by atoms with van der Waals surface area (Å²) < 4.78 is 11.1.